The molecule has 1 fully saturated rings. The first-order valence-electron chi connectivity index (χ1n) is 9.77. The summed E-state index contributed by atoms with van der Waals surface area (Å²) in [5, 5.41) is 2.11. The zero-order chi connectivity index (χ0) is 20.6. The molecule has 154 valence electrons. The summed E-state index contributed by atoms with van der Waals surface area (Å²) in [7, 11) is -3.43. The Morgan fingerprint density at radius 2 is 1.86 bits per heavy atom. The van der Waals surface area contributed by atoms with Crippen molar-refractivity contribution in [1.82, 2.24) is 5.32 Å². The van der Waals surface area contributed by atoms with E-state index in [-0.39, 0.29) is 0 Å². The average molecular weight is 418 g/mol. The second-order valence-electron chi connectivity index (χ2n) is 7.98. The van der Waals surface area contributed by atoms with Gasteiger partial charge in [-0.15, -0.1) is 0 Å². The maximum absolute atomic E-state index is 13.3. The molecule has 2 aliphatic rings. The summed E-state index contributed by atoms with van der Waals surface area (Å²) >= 11 is 0. The van der Waals surface area contributed by atoms with Crippen molar-refractivity contribution in [3.63, 3.8) is 0 Å². The first kappa shape index (κ1) is 20.0. The van der Waals surface area contributed by atoms with Crippen LogP contribution < -0.4 is 5.32 Å². The molecule has 1 N–H and O–H groups in total. The molecule has 2 aromatic carbocycles. The summed E-state index contributed by atoms with van der Waals surface area (Å²) in [6.45, 7) is 0.454. The van der Waals surface area contributed by atoms with Crippen LogP contribution in [0.15, 0.2) is 48.5 Å². The van der Waals surface area contributed by atoms with E-state index in [1.54, 1.807) is 12.1 Å². The molecule has 0 radical (unpaired) electrons. The number of fused-ring (bicyclic) bond motifs is 1. The van der Waals surface area contributed by atoms with E-state index < -0.39 is 39.0 Å². The quantitative estimate of drug-likeness (QED) is 0.751. The van der Waals surface area contributed by atoms with E-state index in [0.717, 1.165) is 24.0 Å². The maximum atomic E-state index is 13.3. The van der Waals surface area contributed by atoms with E-state index >= 15 is 0 Å². The lowest BCUT2D eigenvalue weighted by molar-refractivity contribution is -0.134. The molecular formula is C22H24FNO4S. The van der Waals surface area contributed by atoms with Crippen LogP contribution >= 0.6 is 0 Å². The third-order valence-corrected chi connectivity index (χ3v) is 7.07. The van der Waals surface area contributed by atoms with Gasteiger partial charge in [0.05, 0.1) is 12.6 Å². The highest BCUT2D eigenvalue weighted by atomic mass is 32.2. The number of hydrogen-bond acceptors (Lipinski definition) is 4. The maximum Gasteiger partial charge on any atom is 0.254 e. The van der Waals surface area contributed by atoms with Crippen molar-refractivity contribution < 1.29 is 22.3 Å². The van der Waals surface area contributed by atoms with Gasteiger partial charge in [-0.05, 0) is 54.0 Å². The Kier molecular flexibility index (Phi) is 5.44. The standard InChI is InChI=1S/C22H24FNO4S/c1-29(26,27)21-18-5-3-2-4-16(18)12-19(21)24-22(25)20(28-13-14-6-7-14)15-8-10-17(23)11-9-15/h2-5,8-11,14,19-21H,6-7,12-13H2,1H3,(H,24,25). The van der Waals surface area contributed by atoms with Gasteiger partial charge in [0.1, 0.15) is 11.1 Å². The lowest BCUT2D eigenvalue weighted by Gasteiger charge is -2.24. The van der Waals surface area contributed by atoms with Gasteiger partial charge >= 0.3 is 0 Å². The monoisotopic (exact) mass is 417 g/mol. The van der Waals surface area contributed by atoms with E-state index in [2.05, 4.69) is 5.32 Å². The Balaban J connectivity index is 1.57. The third-order valence-electron chi connectivity index (χ3n) is 5.56. The smallest absolute Gasteiger partial charge is 0.254 e. The van der Waals surface area contributed by atoms with Crippen molar-refractivity contribution in [3.8, 4) is 0 Å². The number of amides is 1. The zero-order valence-corrected chi connectivity index (χ0v) is 17.0. The third kappa shape index (κ3) is 4.51. The number of benzene rings is 2. The molecule has 3 unspecified atom stereocenters. The van der Waals surface area contributed by atoms with Crippen molar-refractivity contribution in [3.05, 3.63) is 71.0 Å². The average Bonchev–Trinajstić information content (AvgIpc) is 3.41. The Bertz CT molecular complexity index is 1000. The summed E-state index contributed by atoms with van der Waals surface area (Å²) in [5.74, 6) is -0.340. The molecule has 0 bridgehead atoms. The largest absolute Gasteiger partial charge is 0.363 e. The molecule has 0 saturated heterocycles. The predicted molar refractivity (Wildman–Crippen MR) is 107 cm³/mol. The SMILES string of the molecule is CS(=O)(=O)C1c2ccccc2CC1NC(=O)C(OCC1CC1)c1ccc(F)cc1. The molecule has 0 aromatic heterocycles. The molecule has 0 aliphatic heterocycles. The number of sulfone groups is 1. The van der Waals surface area contributed by atoms with Crippen LogP contribution in [0.4, 0.5) is 4.39 Å². The Morgan fingerprint density at radius 1 is 1.17 bits per heavy atom. The number of carbonyl (C=O) groups excluding carboxylic acids is 1. The molecular weight excluding hydrogens is 393 g/mol. The first-order valence-corrected chi connectivity index (χ1v) is 11.7. The van der Waals surface area contributed by atoms with Gasteiger partial charge < -0.3 is 10.1 Å². The first-order chi connectivity index (χ1) is 13.8. The van der Waals surface area contributed by atoms with Gasteiger partial charge in [-0.25, -0.2) is 12.8 Å². The summed E-state index contributed by atoms with van der Waals surface area (Å²) < 4.78 is 44.1. The van der Waals surface area contributed by atoms with Crippen molar-refractivity contribution in [2.75, 3.05) is 12.9 Å². The van der Waals surface area contributed by atoms with E-state index in [4.69, 9.17) is 4.74 Å². The van der Waals surface area contributed by atoms with Gasteiger partial charge in [0.25, 0.3) is 5.91 Å². The van der Waals surface area contributed by atoms with E-state index in [0.29, 0.717) is 24.5 Å². The summed E-state index contributed by atoms with van der Waals surface area (Å²) in [5.41, 5.74) is 2.21. The van der Waals surface area contributed by atoms with Gasteiger partial charge in [0, 0.05) is 6.26 Å². The highest BCUT2D eigenvalue weighted by Gasteiger charge is 2.41. The number of carbonyl (C=O) groups is 1. The van der Waals surface area contributed by atoms with Crippen molar-refractivity contribution in [2.24, 2.45) is 5.92 Å². The van der Waals surface area contributed by atoms with Gasteiger partial charge in [0.15, 0.2) is 15.9 Å². The molecule has 2 aromatic rings. The van der Waals surface area contributed by atoms with E-state index in [1.165, 1.54) is 30.5 Å². The second kappa shape index (κ2) is 7.88. The molecule has 7 heteroatoms. The zero-order valence-electron chi connectivity index (χ0n) is 16.2. The molecule has 1 saturated carbocycles. The second-order valence-corrected chi connectivity index (χ2v) is 10.1. The van der Waals surface area contributed by atoms with Gasteiger partial charge in [-0.1, -0.05) is 36.4 Å². The van der Waals surface area contributed by atoms with Gasteiger partial charge in [0.2, 0.25) is 0 Å². The minimum atomic E-state index is -3.43. The summed E-state index contributed by atoms with van der Waals surface area (Å²) in [6.07, 6.45) is 2.89. The van der Waals surface area contributed by atoms with Crippen LogP contribution in [-0.4, -0.2) is 33.2 Å². The topological polar surface area (TPSA) is 72.5 Å². The number of halogens is 1. The number of hydrogen-bond donors (Lipinski definition) is 1. The minimum absolute atomic E-state index is 0.390. The molecule has 2 aliphatic carbocycles. The molecule has 0 heterocycles. The number of nitrogens with one attached hydrogen (secondary N) is 1. The van der Waals surface area contributed by atoms with Gasteiger partial charge in [-0.2, -0.15) is 0 Å². The number of ether oxygens (including phenoxy) is 1. The lowest BCUT2D eigenvalue weighted by atomic mass is 10.1. The summed E-state index contributed by atoms with van der Waals surface area (Å²) in [4.78, 5) is 13.1. The minimum Gasteiger partial charge on any atom is -0.363 e. The van der Waals surface area contributed by atoms with Crippen LogP contribution in [0.2, 0.25) is 0 Å². The Morgan fingerprint density at radius 3 is 2.52 bits per heavy atom. The highest BCUT2D eigenvalue weighted by Crippen LogP contribution is 2.37. The van der Waals surface area contributed by atoms with E-state index in [1.807, 2.05) is 12.1 Å². The van der Waals surface area contributed by atoms with Crippen molar-refractivity contribution in [1.29, 1.82) is 0 Å². The van der Waals surface area contributed by atoms with E-state index in [9.17, 15) is 17.6 Å². The molecule has 1 amide bonds. The molecule has 29 heavy (non-hydrogen) atoms. The fraction of sp³-hybridized carbons (Fsp3) is 0.409. The van der Waals surface area contributed by atoms with Crippen LogP contribution in [0.5, 0.6) is 0 Å². The van der Waals surface area contributed by atoms with Crippen LogP contribution in [-0.2, 0) is 25.8 Å². The molecule has 0 spiro atoms. The Hall–Kier alpha value is -2.25. The normalized spacial score (nSPS) is 22.1. The van der Waals surface area contributed by atoms with Gasteiger partial charge in [-0.3, -0.25) is 4.79 Å². The highest BCUT2D eigenvalue weighted by molar-refractivity contribution is 7.91. The van der Waals surface area contributed by atoms with Crippen LogP contribution in [0.25, 0.3) is 0 Å². The molecule has 4 rings (SSSR count). The predicted octanol–water partition coefficient (Wildman–Crippen LogP) is 3.12. The van der Waals surface area contributed by atoms with Crippen LogP contribution in [0.1, 0.15) is 40.9 Å². The Labute approximate surface area is 170 Å². The lowest BCUT2D eigenvalue weighted by Crippen LogP contribution is -2.43. The summed E-state index contributed by atoms with van der Waals surface area (Å²) in [6, 6.07) is 12.4. The van der Waals surface area contributed by atoms with Crippen LogP contribution in [0, 0.1) is 11.7 Å². The molecule has 3 atom stereocenters. The molecule has 5 nitrogen and oxygen atoms in total. The van der Waals surface area contributed by atoms with Crippen molar-refractivity contribution in [2.45, 2.75) is 36.7 Å². The van der Waals surface area contributed by atoms with Crippen molar-refractivity contribution >= 4 is 15.7 Å². The number of rotatable bonds is 7. The fourth-order valence-corrected chi connectivity index (χ4v) is 5.40. The fourth-order valence-electron chi connectivity index (χ4n) is 3.95. The van der Waals surface area contributed by atoms with Crippen LogP contribution in [0.3, 0.4) is 0 Å².